The molecule has 104 valence electrons. The van der Waals surface area contributed by atoms with Crippen LogP contribution in [-0.4, -0.2) is 7.05 Å². The number of fused-ring (bicyclic) bond motifs is 1. The van der Waals surface area contributed by atoms with Crippen molar-refractivity contribution in [3.63, 3.8) is 0 Å². The molecule has 0 saturated carbocycles. The first-order valence-electron chi connectivity index (χ1n) is 6.20. The SMILES string of the molecule is CNC(c1occc1Br)c1oc2ccc(F)cc2c1C. The maximum absolute atomic E-state index is 13.4. The Morgan fingerprint density at radius 3 is 2.70 bits per heavy atom. The molecule has 0 bridgehead atoms. The van der Waals surface area contributed by atoms with Crippen molar-refractivity contribution < 1.29 is 13.2 Å². The second-order valence-corrected chi connectivity index (χ2v) is 5.44. The lowest BCUT2D eigenvalue weighted by atomic mass is 10.1. The average molecular weight is 338 g/mol. The van der Waals surface area contributed by atoms with Gasteiger partial charge in [0.2, 0.25) is 0 Å². The van der Waals surface area contributed by atoms with E-state index in [1.165, 1.54) is 12.1 Å². The molecule has 3 nitrogen and oxygen atoms in total. The van der Waals surface area contributed by atoms with Crippen molar-refractivity contribution in [1.29, 1.82) is 0 Å². The zero-order valence-corrected chi connectivity index (χ0v) is 12.6. The van der Waals surface area contributed by atoms with Crippen LogP contribution in [-0.2, 0) is 0 Å². The molecule has 0 aliphatic carbocycles. The monoisotopic (exact) mass is 337 g/mol. The van der Waals surface area contributed by atoms with Gasteiger partial charge in [-0.1, -0.05) is 0 Å². The first-order chi connectivity index (χ1) is 9.61. The Morgan fingerprint density at radius 2 is 2.05 bits per heavy atom. The first kappa shape index (κ1) is 13.4. The maximum atomic E-state index is 13.4. The molecule has 1 atom stereocenters. The molecule has 0 aliphatic heterocycles. The Kier molecular flexibility index (Phi) is 3.40. The summed E-state index contributed by atoms with van der Waals surface area (Å²) >= 11 is 3.45. The van der Waals surface area contributed by atoms with Gasteiger partial charge in [-0.05, 0) is 54.2 Å². The molecule has 3 aromatic rings. The molecule has 0 fully saturated rings. The van der Waals surface area contributed by atoms with Gasteiger partial charge in [-0.2, -0.15) is 0 Å². The van der Waals surface area contributed by atoms with Gasteiger partial charge in [0.15, 0.2) is 0 Å². The van der Waals surface area contributed by atoms with Crippen LogP contribution in [0, 0.1) is 12.7 Å². The topological polar surface area (TPSA) is 38.3 Å². The summed E-state index contributed by atoms with van der Waals surface area (Å²) in [5.74, 6) is 1.19. The summed E-state index contributed by atoms with van der Waals surface area (Å²) in [5.41, 5.74) is 1.57. The lowest BCUT2D eigenvalue weighted by molar-refractivity contribution is 0.411. The lowest BCUT2D eigenvalue weighted by Gasteiger charge is -2.12. The van der Waals surface area contributed by atoms with Crippen molar-refractivity contribution in [2.45, 2.75) is 13.0 Å². The second-order valence-electron chi connectivity index (χ2n) is 4.59. The predicted octanol–water partition coefficient (Wildman–Crippen LogP) is 4.54. The van der Waals surface area contributed by atoms with Crippen molar-refractivity contribution in [3.8, 4) is 0 Å². The van der Waals surface area contributed by atoms with Crippen molar-refractivity contribution in [2.75, 3.05) is 7.05 Å². The molecule has 1 unspecified atom stereocenters. The van der Waals surface area contributed by atoms with Crippen LogP contribution in [0.2, 0.25) is 0 Å². The molecule has 20 heavy (non-hydrogen) atoms. The molecule has 3 rings (SSSR count). The smallest absolute Gasteiger partial charge is 0.142 e. The van der Waals surface area contributed by atoms with Crippen LogP contribution in [0.5, 0.6) is 0 Å². The molecule has 0 aliphatic rings. The molecular weight excluding hydrogens is 325 g/mol. The number of halogens is 2. The van der Waals surface area contributed by atoms with Gasteiger partial charge in [-0.15, -0.1) is 0 Å². The van der Waals surface area contributed by atoms with E-state index in [9.17, 15) is 4.39 Å². The van der Waals surface area contributed by atoms with Crippen LogP contribution in [0.1, 0.15) is 23.1 Å². The van der Waals surface area contributed by atoms with Crippen LogP contribution in [0.3, 0.4) is 0 Å². The summed E-state index contributed by atoms with van der Waals surface area (Å²) in [6.07, 6.45) is 1.61. The van der Waals surface area contributed by atoms with E-state index in [4.69, 9.17) is 8.83 Å². The van der Waals surface area contributed by atoms with Crippen LogP contribution < -0.4 is 5.32 Å². The molecule has 2 aromatic heterocycles. The third kappa shape index (κ3) is 2.07. The van der Waals surface area contributed by atoms with Crippen LogP contribution in [0.15, 0.2) is 43.8 Å². The Bertz CT molecular complexity index is 762. The lowest BCUT2D eigenvalue weighted by Crippen LogP contribution is -2.17. The molecule has 0 amide bonds. The van der Waals surface area contributed by atoms with Gasteiger partial charge in [0, 0.05) is 10.9 Å². The number of aryl methyl sites for hydroxylation is 1. The van der Waals surface area contributed by atoms with Gasteiger partial charge in [0.1, 0.15) is 29.0 Å². The molecule has 0 radical (unpaired) electrons. The Hall–Kier alpha value is -1.59. The summed E-state index contributed by atoms with van der Waals surface area (Å²) in [6, 6.07) is 6.13. The van der Waals surface area contributed by atoms with E-state index in [1.807, 2.05) is 20.0 Å². The van der Waals surface area contributed by atoms with Gasteiger partial charge < -0.3 is 14.2 Å². The van der Waals surface area contributed by atoms with Crippen LogP contribution in [0.25, 0.3) is 11.0 Å². The molecule has 1 aromatic carbocycles. The number of hydrogen-bond donors (Lipinski definition) is 1. The molecule has 5 heteroatoms. The van der Waals surface area contributed by atoms with Crippen molar-refractivity contribution in [2.24, 2.45) is 0 Å². The van der Waals surface area contributed by atoms with Gasteiger partial charge in [-0.25, -0.2) is 4.39 Å². The van der Waals surface area contributed by atoms with Crippen LogP contribution >= 0.6 is 15.9 Å². The predicted molar refractivity (Wildman–Crippen MR) is 78.2 cm³/mol. The quantitative estimate of drug-likeness (QED) is 0.762. The van der Waals surface area contributed by atoms with Gasteiger partial charge >= 0.3 is 0 Å². The molecular formula is C15H13BrFNO2. The molecule has 0 spiro atoms. The summed E-state index contributed by atoms with van der Waals surface area (Å²) in [6.45, 7) is 1.92. The number of hydrogen-bond acceptors (Lipinski definition) is 3. The maximum Gasteiger partial charge on any atom is 0.142 e. The van der Waals surface area contributed by atoms with Crippen molar-refractivity contribution in [1.82, 2.24) is 5.32 Å². The third-order valence-corrected chi connectivity index (χ3v) is 4.05. The fourth-order valence-corrected chi connectivity index (χ4v) is 2.81. The zero-order valence-electron chi connectivity index (χ0n) is 11.0. The summed E-state index contributed by atoms with van der Waals surface area (Å²) in [4.78, 5) is 0. The van der Waals surface area contributed by atoms with Crippen molar-refractivity contribution in [3.05, 3.63) is 57.9 Å². The van der Waals surface area contributed by atoms with Gasteiger partial charge in [0.25, 0.3) is 0 Å². The highest BCUT2D eigenvalue weighted by molar-refractivity contribution is 9.10. The summed E-state index contributed by atoms with van der Waals surface area (Å²) in [5, 5.41) is 3.95. The van der Waals surface area contributed by atoms with E-state index in [0.29, 0.717) is 5.58 Å². The largest absolute Gasteiger partial charge is 0.466 e. The number of rotatable bonds is 3. The van der Waals surface area contributed by atoms with E-state index in [0.717, 1.165) is 26.9 Å². The highest BCUT2D eigenvalue weighted by Crippen LogP contribution is 2.35. The summed E-state index contributed by atoms with van der Waals surface area (Å²) < 4.78 is 25.6. The Morgan fingerprint density at radius 1 is 1.25 bits per heavy atom. The van der Waals surface area contributed by atoms with Crippen molar-refractivity contribution >= 4 is 26.9 Å². The van der Waals surface area contributed by atoms with E-state index in [1.54, 1.807) is 12.3 Å². The van der Waals surface area contributed by atoms with E-state index in [-0.39, 0.29) is 11.9 Å². The van der Waals surface area contributed by atoms with Gasteiger partial charge in [-0.3, -0.25) is 0 Å². The standard InChI is InChI=1S/C15H13BrFNO2/c1-8-10-7-9(17)3-4-12(10)20-14(8)13(18-2)15-11(16)5-6-19-15/h3-7,13,18H,1-2H3. The van der Waals surface area contributed by atoms with E-state index in [2.05, 4.69) is 21.2 Å². The minimum absolute atomic E-state index is 0.227. The fourth-order valence-electron chi connectivity index (χ4n) is 2.38. The van der Waals surface area contributed by atoms with E-state index >= 15 is 0 Å². The molecule has 2 heterocycles. The third-order valence-electron chi connectivity index (χ3n) is 3.39. The number of benzene rings is 1. The first-order valence-corrected chi connectivity index (χ1v) is 7.00. The molecule has 0 saturated heterocycles. The highest BCUT2D eigenvalue weighted by Gasteiger charge is 2.25. The summed E-state index contributed by atoms with van der Waals surface area (Å²) in [7, 11) is 1.83. The van der Waals surface area contributed by atoms with Gasteiger partial charge in [0.05, 0.1) is 10.7 Å². The minimum Gasteiger partial charge on any atom is -0.466 e. The number of furan rings is 2. The number of nitrogens with one attached hydrogen (secondary N) is 1. The fraction of sp³-hybridized carbons (Fsp3) is 0.200. The van der Waals surface area contributed by atoms with Crippen LogP contribution in [0.4, 0.5) is 4.39 Å². The zero-order chi connectivity index (χ0) is 14.3. The average Bonchev–Trinajstić information content (AvgIpc) is 2.98. The Labute approximate surface area is 123 Å². The Balaban J connectivity index is 2.18. The molecule has 1 N–H and O–H groups in total. The highest BCUT2D eigenvalue weighted by atomic mass is 79.9. The minimum atomic E-state index is -0.270. The normalized spacial score (nSPS) is 13.0. The second kappa shape index (κ2) is 5.07. The van der Waals surface area contributed by atoms with E-state index < -0.39 is 0 Å².